The Hall–Kier alpha value is -1.88. The number of anilines is 1. The highest BCUT2D eigenvalue weighted by Gasteiger charge is 2.16. The maximum Gasteiger partial charge on any atom is 0.255 e. The average Bonchev–Trinajstić information content (AvgIpc) is 2.89. The number of rotatable bonds is 4. The van der Waals surface area contributed by atoms with E-state index in [4.69, 9.17) is 5.73 Å². The van der Waals surface area contributed by atoms with Crippen molar-refractivity contribution in [2.24, 2.45) is 0 Å². The molecule has 0 bridgehead atoms. The summed E-state index contributed by atoms with van der Waals surface area (Å²) in [6.45, 7) is 3.89. The Morgan fingerprint density at radius 3 is 2.95 bits per heavy atom. The zero-order valence-corrected chi connectivity index (χ0v) is 11.8. The Labute approximate surface area is 116 Å². The van der Waals surface area contributed by atoms with Crippen LogP contribution in [0.3, 0.4) is 0 Å². The summed E-state index contributed by atoms with van der Waals surface area (Å²) in [4.78, 5) is 17.5. The first-order valence-corrected chi connectivity index (χ1v) is 7.06. The molecule has 1 atom stereocenters. The van der Waals surface area contributed by atoms with Crippen molar-refractivity contribution < 1.29 is 4.79 Å². The summed E-state index contributed by atoms with van der Waals surface area (Å²) in [5, 5.41) is 5.00. The monoisotopic (exact) mass is 275 g/mol. The Bertz CT molecular complexity index is 566. The molecule has 1 unspecified atom stereocenters. The van der Waals surface area contributed by atoms with Crippen molar-refractivity contribution >= 4 is 22.9 Å². The highest BCUT2D eigenvalue weighted by Crippen LogP contribution is 2.22. The molecule has 2 heterocycles. The molecule has 0 aliphatic rings. The molecule has 0 spiro atoms. The lowest BCUT2D eigenvalue weighted by molar-refractivity contribution is 0.0937. The molecular formula is C14H17N3OS. The third-order valence-electron chi connectivity index (χ3n) is 2.92. The van der Waals surface area contributed by atoms with Crippen molar-refractivity contribution in [1.29, 1.82) is 0 Å². The molecule has 0 saturated carbocycles. The predicted molar refractivity (Wildman–Crippen MR) is 78.2 cm³/mol. The number of nitrogens with two attached hydrogens (primary N) is 1. The van der Waals surface area contributed by atoms with Crippen LogP contribution < -0.4 is 11.1 Å². The van der Waals surface area contributed by atoms with E-state index in [-0.39, 0.29) is 11.9 Å². The van der Waals surface area contributed by atoms with Gasteiger partial charge in [-0.1, -0.05) is 13.0 Å². The van der Waals surface area contributed by atoms with Crippen molar-refractivity contribution in [3.8, 4) is 0 Å². The van der Waals surface area contributed by atoms with E-state index in [1.54, 1.807) is 17.4 Å². The number of nitrogens with one attached hydrogen (secondary N) is 1. The van der Waals surface area contributed by atoms with Crippen LogP contribution >= 0.6 is 11.3 Å². The lowest BCUT2D eigenvalue weighted by Crippen LogP contribution is -2.28. The highest BCUT2D eigenvalue weighted by atomic mass is 32.1. The molecular weight excluding hydrogens is 258 g/mol. The van der Waals surface area contributed by atoms with Crippen molar-refractivity contribution in [1.82, 2.24) is 10.3 Å². The number of hydrogen-bond donors (Lipinski definition) is 2. The van der Waals surface area contributed by atoms with E-state index in [9.17, 15) is 4.79 Å². The van der Waals surface area contributed by atoms with Crippen LogP contribution in [0.4, 0.5) is 5.69 Å². The van der Waals surface area contributed by atoms with Crippen LogP contribution in [0, 0.1) is 6.92 Å². The normalized spacial score (nSPS) is 12.1. The average molecular weight is 275 g/mol. The van der Waals surface area contributed by atoms with Gasteiger partial charge in [-0.25, -0.2) is 0 Å². The van der Waals surface area contributed by atoms with E-state index in [2.05, 4.69) is 10.3 Å². The van der Waals surface area contributed by atoms with Gasteiger partial charge < -0.3 is 11.1 Å². The number of thiophene rings is 1. The second kappa shape index (κ2) is 5.84. The first-order chi connectivity index (χ1) is 9.11. The summed E-state index contributed by atoms with van der Waals surface area (Å²) in [6, 6.07) is 5.74. The zero-order chi connectivity index (χ0) is 13.8. The molecule has 0 fully saturated rings. The van der Waals surface area contributed by atoms with Crippen LogP contribution in [-0.4, -0.2) is 10.9 Å². The number of hydrogen-bond acceptors (Lipinski definition) is 4. The topological polar surface area (TPSA) is 68.0 Å². The van der Waals surface area contributed by atoms with Gasteiger partial charge in [0.25, 0.3) is 5.91 Å². The van der Waals surface area contributed by atoms with E-state index in [1.807, 2.05) is 31.4 Å². The van der Waals surface area contributed by atoms with Crippen LogP contribution in [0.1, 0.15) is 40.3 Å². The fourth-order valence-corrected chi connectivity index (χ4v) is 2.73. The number of amides is 1. The molecule has 1 amide bonds. The number of nitrogen functional groups attached to an aromatic ring is 1. The second-order valence-electron chi connectivity index (χ2n) is 4.36. The number of pyridine rings is 1. The van der Waals surface area contributed by atoms with Crippen molar-refractivity contribution in [3.63, 3.8) is 0 Å². The molecule has 2 aromatic heterocycles. The Morgan fingerprint density at radius 2 is 2.37 bits per heavy atom. The van der Waals surface area contributed by atoms with Gasteiger partial charge in [0, 0.05) is 22.5 Å². The molecule has 3 N–H and O–H groups in total. The van der Waals surface area contributed by atoms with Crippen LogP contribution in [-0.2, 0) is 0 Å². The maximum absolute atomic E-state index is 12.2. The summed E-state index contributed by atoms with van der Waals surface area (Å²) < 4.78 is 0. The van der Waals surface area contributed by atoms with Crippen LogP contribution in [0.5, 0.6) is 0 Å². The van der Waals surface area contributed by atoms with E-state index in [0.717, 1.165) is 17.0 Å². The number of carbonyl (C=O) groups excluding carboxylic acids is 1. The Morgan fingerprint density at radius 1 is 1.58 bits per heavy atom. The molecule has 2 aromatic rings. The quantitative estimate of drug-likeness (QED) is 0.901. The first kappa shape index (κ1) is 13.5. The van der Waals surface area contributed by atoms with E-state index in [0.29, 0.717) is 11.3 Å². The van der Waals surface area contributed by atoms with E-state index in [1.165, 1.54) is 6.20 Å². The predicted octanol–water partition coefficient (Wildman–Crippen LogP) is 2.91. The SMILES string of the molecule is CCC(NC(=O)c1cnc(C)cc1N)c1cccs1. The summed E-state index contributed by atoms with van der Waals surface area (Å²) in [6.07, 6.45) is 2.37. The van der Waals surface area contributed by atoms with E-state index < -0.39 is 0 Å². The van der Waals surface area contributed by atoms with Crippen molar-refractivity contribution in [3.05, 3.63) is 45.9 Å². The van der Waals surface area contributed by atoms with Gasteiger partial charge in [0.15, 0.2) is 0 Å². The minimum Gasteiger partial charge on any atom is -0.398 e. The summed E-state index contributed by atoms with van der Waals surface area (Å²) in [5.41, 5.74) is 7.56. The molecule has 100 valence electrons. The van der Waals surface area contributed by atoms with Gasteiger partial charge in [0.1, 0.15) is 0 Å². The fraction of sp³-hybridized carbons (Fsp3) is 0.286. The Balaban J connectivity index is 2.16. The third-order valence-corrected chi connectivity index (χ3v) is 3.90. The molecule has 2 rings (SSSR count). The maximum atomic E-state index is 12.2. The van der Waals surface area contributed by atoms with Gasteiger partial charge in [-0.05, 0) is 30.9 Å². The first-order valence-electron chi connectivity index (χ1n) is 6.18. The summed E-state index contributed by atoms with van der Waals surface area (Å²) >= 11 is 1.64. The third kappa shape index (κ3) is 3.12. The van der Waals surface area contributed by atoms with Gasteiger partial charge >= 0.3 is 0 Å². The van der Waals surface area contributed by atoms with Crippen LogP contribution in [0.2, 0.25) is 0 Å². The fourth-order valence-electron chi connectivity index (χ4n) is 1.87. The molecule has 0 aliphatic heterocycles. The van der Waals surface area contributed by atoms with Gasteiger partial charge in [0.2, 0.25) is 0 Å². The van der Waals surface area contributed by atoms with Crippen molar-refractivity contribution in [2.45, 2.75) is 26.3 Å². The molecule has 19 heavy (non-hydrogen) atoms. The molecule has 4 nitrogen and oxygen atoms in total. The largest absolute Gasteiger partial charge is 0.398 e. The van der Waals surface area contributed by atoms with Gasteiger partial charge in [-0.2, -0.15) is 0 Å². The molecule has 0 radical (unpaired) electrons. The highest BCUT2D eigenvalue weighted by molar-refractivity contribution is 7.10. The Kier molecular flexibility index (Phi) is 4.16. The van der Waals surface area contributed by atoms with Crippen LogP contribution in [0.25, 0.3) is 0 Å². The van der Waals surface area contributed by atoms with E-state index >= 15 is 0 Å². The molecule has 0 saturated heterocycles. The molecule has 0 aliphatic carbocycles. The van der Waals surface area contributed by atoms with Gasteiger partial charge in [-0.3, -0.25) is 9.78 Å². The summed E-state index contributed by atoms with van der Waals surface area (Å²) in [5.74, 6) is -0.176. The molecule has 0 aromatic carbocycles. The molecule has 5 heteroatoms. The van der Waals surface area contributed by atoms with Crippen LogP contribution in [0.15, 0.2) is 29.8 Å². The standard InChI is InChI=1S/C14H17N3OS/c1-3-12(13-5-4-6-19-13)17-14(18)10-8-16-9(2)7-11(10)15/h4-8,12H,3H2,1-2H3,(H2,15,16)(H,17,18). The smallest absolute Gasteiger partial charge is 0.255 e. The lowest BCUT2D eigenvalue weighted by Gasteiger charge is -2.16. The number of aromatic nitrogens is 1. The minimum absolute atomic E-state index is 0.0215. The minimum atomic E-state index is -0.176. The van der Waals surface area contributed by atoms with Gasteiger partial charge in [-0.15, -0.1) is 11.3 Å². The van der Waals surface area contributed by atoms with Gasteiger partial charge in [0.05, 0.1) is 11.6 Å². The number of aryl methyl sites for hydroxylation is 1. The number of carbonyl (C=O) groups is 1. The lowest BCUT2D eigenvalue weighted by atomic mass is 10.1. The second-order valence-corrected chi connectivity index (χ2v) is 5.34. The summed E-state index contributed by atoms with van der Waals surface area (Å²) in [7, 11) is 0. The van der Waals surface area contributed by atoms with Crippen molar-refractivity contribution in [2.75, 3.05) is 5.73 Å². The number of nitrogens with zero attached hydrogens (tertiary/aromatic N) is 1. The zero-order valence-electron chi connectivity index (χ0n) is 11.0.